The molecule has 2 atom stereocenters. The summed E-state index contributed by atoms with van der Waals surface area (Å²) < 4.78 is 5.29. The highest BCUT2D eigenvalue weighted by Crippen LogP contribution is 2.40. The number of carbonyl (C=O) groups is 2. The predicted octanol–water partition coefficient (Wildman–Crippen LogP) is 2.77. The van der Waals surface area contributed by atoms with Gasteiger partial charge in [0.2, 0.25) is 0 Å². The summed E-state index contributed by atoms with van der Waals surface area (Å²) in [6.45, 7) is 0. The van der Waals surface area contributed by atoms with Crippen LogP contribution in [0.3, 0.4) is 0 Å². The minimum absolute atomic E-state index is 0.444. The largest absolute Gasteiger partial charge is 0.481 e. The van der Waals surface area contributed by atoms with Crippen molar-refractivity contribution >= 4 is 11.9 Å². The summed E-state index contributed by atoms with van der Waals surface area (Å²) in [4.78, 5) is 23.4. The number of esters is 1. The van der Waals surface area contributed by atoms with E-state index in [0.29, 0.717) is 16.7 Å². The van der Waals surface area contributed by atoms with Crippen molar-refractivity contribution in [2.75, 3.05) is 0 Å². The lowest BCUT2D eigenvalue weighted by Crippen LogP contribution is -2.20. The number of benzene rings is 2. The van der Waals surface area contributed by atoms with Crippen molar-refractivity contribution in [2.24, 2.45) is 0 Å². The van der Waals surface area contributed by atoms with Crippen molar-refractivity contribution in [3.8, 4) is 0 Å². The zero-order valence-electron chi connectivity index (χ0n) is 10.5. The van der Waals surface area contributed by atoms with Gasteiger partial charge in [0.25, 0.3) is 0 Å². The van der Waals surface area contributed by atoms with Gasteiger partial charge in [-0.1, -0.05) is 48.5 Å². The average Bonchev–Trinajstić information content (AvgIpc) is 2.78. The molecule has 4 nitrogen and oxygen atoms in total. The highest BCUT2D eigenvalue weighted by Gasteiger charge is 2.40. The molecule has 2 aromatic carbocycles. The number of carboxylic acids is 1. The molecular formula is C16H12O4. The number of rotatable bonds is 3. The van der Waals surface area contributed by atoms with E-state index in [1.807, 2.05) is 6.07 Å². The number of aliphatic carboxylic acids is 1. The molecule has 0 aromatic heterocycles. The normalized spacial score (nSPS) is 18.2. The van der Waals surface area contributed by atoms with Crippen molar-refractivity contribution in [1.29, 1.82) is 0 Å². The van der Waals surface area contributed by atoms with Crippen LogP contribution < -0.4 is 0 Å². The van der Waals surface area contributed by atoms with Gasteiger partial charge in [0.05, 0.1) is 5.56 Å². The van der Waals surface area contributed by atoms with Crippen molar-refractivity contribution in [1.82, 2.24) is 0 Å². The molecule has 0 radical (unpaired) electrons. The summed E-state index contributed by atoms with van der Waals surface area (Å²) in [5.74, 6) is -2.37. The molecule has 0 amide bonds. The summed E-state index contributed by atoms with van der Waals surface area (Å²) in [5.41, 5.74) is 1.70. The molecule has 0 aliphatic carbocycles. The van der Waals surface area contributed by atoms with E-state index < -0.39 is 24.0 Å². The Labute approximate surface area is 115 Å². The molecule has 2 unspecified atom stereocenters. The van der Waals surface area contributed by atoms with E-state index in [2.05, 4.69) is 0 Å². The molecule has 100 valence electrons. The van der Waals surface area contributed by atoms with Gasteiger partial charge in [-0.15, -0.1) is 0 Å². The van der Waals surface area contributed by atoms with E-state index in [4.69, 9.17) is 4.74 Å². The van der Waals surface area contributed by atoms with E-state index in [0.717, 1.165) is 0 Å². The molecule has 0 fully saturated rings. The van der Waals surface area contributed by atoms with Gasteiger partial charge in [-0.2, -0.15) is 0 Å². The van der Waals surface area contributed by atoms with Crippen molar-refractivity contribution in [2.45, 2.75) is 12.0 Å². The molecule has 1 aliphatic rings. The van der Waals surface area contributed by atoms with Crippen molar-refractivity contribution in [3.63, 3.8) is 0 Å². The van der Waals surface area contributed by atoms with Gasteiger partial charge in [0.15, 0.2) is 0 Å². The van der Waals surface area contributed by atoms with Crippen molar-refractivity contribution in [3.05, 3.63) is 71.3 Å². The molecule has 4 heteroatoms. The fourth-order valence-electron chi connectivity index (χ4n) is 2.53. The minimum atomic E-state index is -1.01. The summed E-state index contributed by atoms with van der Waals surface area (Å²) in [6, 6.07) is 15.7. The van der Waals surface area contributed by atoms with E-state index in [9.17, 15) is 14.7 Å². The standard InChI is InChI=1S/C16H12O4/c17-15(18)13(10-6-2-1-3-7-10)14-11-8-4-5-9-12(11)16(19)20-14/h1-9,13-14H,(H,17,18). The number of ether oxygens (including phenoxy) is 1. The van der Waals surface area contributed by atoms with E-state index in [-0.39, 0.29) is 0 Å². The molecule has 1 heterocycles. The van der Waals surface area contributed by atoms with Crippen LogP contribution in [-0.4, -0.2) is 17.0 Å². The summed E-state index contributed by atoms with van der Waals surface area (Å²) in [6.07, 6.45) is -0.779. The van der Waals surface area contributed by atoms with E-state index in [1.165, 1.54) is 0 Å². The molecule has 1 aliphatic heterocycles. The van der Waals surface area contributed by atoms with Crippen molar-refractivity contribution < 1.29 is 19.4 Å². The second-order valence-corrected chi connectivity index (χ2v) is 4.64. The molecule has 3 rings (SSSR count). The summed E-state index contributed by atoms with van der Waals surface area (Å²) in [7, 11) is 0. The Morgan fingerprint density at radius 1 is 1.05 bits per heavy atom. The fourth-order valence-corrected chi connectivity index (χ4v) is 2.53. The zero-order valence-corrected chi connectivity index (χ0v) is 10.5. The lowest BCUT2D eigenvalue weighted by molar-refractivity contribution is -0.141. The SMILES string of the molecule is O=C1OC(C(C(=O)O)c2ccccc2)c2ccccc21. The van der Waals surface area contributed by atoms with Crippen LogP contribution in [0.25, 0.3) is 0 Å². The van der Waals surface area contributed by atoms with Gasteiger partial charge < -0.3 is 9.84 Å². The molecule has 0 saturated carbocycles. The maximum Gasteiger partial charge on any atom is 0.339 e. The van der Waals surface area contributed by atoms with Crippen LogP contribution in [0.1, 0.15) is 33.5 Å². The maximum absolute atomic E-state index is 11.8. The molecule has 0 bridgehead atoms. The minimum Gasteiger partial charge on any atom is -0.481 e. The highest BCUT2D eigenvalue weighted by atomic mass is 16.6. The Bertz CT molecular complexity index is 663. The molecule has 2 aromatic rings. The van der Waals surface area contributed by atoms with Gasteiger partial charge >= 0.3 is 11.9 Å². The molecule has 0 saturated heterocycles. The predicted molar refractivity (Wildman–Crippen MR) is 71.4 cm³/mol. The number of cyclic esters (lactones) is 1. The van der Waals surface area contributed by atoms with Crippen LogP contribution in [0.15, 0.2) is 54.6 Å². The molecule has 20 heavy (non-hydrogen) atoms. The van der Waals surface area contributed by atoms with E-state index >= 15 is 0 Å². The Kier molecular flexibility index (Phi) is 2.99. The highest BCUT2D eigenvalue weighted by molar-refractivity contribution is 5.95. The van der Waals surface area contributed by atoms with Crippen LogP contribution in [0.4, 0.5) is 0 Å². The first-order valence-corrected chi connectivity index (χ1v) is 6.26. The van der Waals surface area contributed by atoms with Crippen LogP contribution >= 0.6 is 0 Å². The van der Waals surface area contributed by atoms with Gasteiger partial charge in [0.1, 0.15) is 12.0 Å². The van der Waals surface area contributed by atoms with Gasteiger partial charge in [-0.25, -0.2) is 4.79 Å². The van der Waals surface area contributed by atoms with Crippen LogP contribution in [-0.2, 0) is 9.53 Å². The van der Waals surface area contributed by atoms with E-state index in [1.54, 1.807) is 48.5 Å². The van der Waals surface area contributed by atoms with Crippen LogP contribution in [0.2, 0.25) is 0 Å². The zero-order chi connectivity index (χ0) is 14.1. The van der Waals surface area contributed by atoms with Crippen LogP contribution in [0.5, 0.6) is 0 Å². The Morgan fingerprint density at radius 3 is 2.40 bits per heavy atom. The number of fused-ring (bicyclic) bond motifs is 1. The number of hydrogen-bond donors (Lipinski definition) is 1. The maximum atomic E-state index is 11.8. The third-order valence-electron chi connectivity index (χ3n) is 3.45. The average molecular weight is 268 g/mol. The van der Waals surface area contributed by atoms with Crippen LogP contribution in [0, 0.1) is 0 Å². The first-order chi connectivity index (χ1) is 9.68. The number of hydrogen-bond acceptors (Lipinski definition) is 3. The third-order valence-corrected chi connectivity index (χ3v) is 3.45. The first kappa shape index (κ1) is 12.4. The lowest BCUT2D eigenvalue weighted by Gasteiger charge is -2.19. The third kappa shape index (κ3) is 1.95. The molecule has 1 N–H and O–H groups in total. The molecular weight excluding hydrogens is 256 g/mol. The number of carbonyl (C=O) groups excluding carboxylic acids is 1. The Balaban J connectivity index is 2.07. The fraction of sp³-hybridized carbons (Fsp3) is 0.125. The summed E-state index contributed by atoms with van der Waals surface area (Å²) in [5, 5.41) is 9.51. The van der Waals surface area contributed by atoms with Gasteiger partial charge in [-0.05, 0) is 11.6 Å². The monoisotopic (exact) mass is 268 g/mol. The summed E-state index contributed by atoms with van der Waals surface area (Å²) >= 11 is 0. The van der Waals surface area contributed by atoms with Gasteiger partial charge in [-0.3, -0.25) is 4.79 Å². The first-order valence-electron chi connectivity index (χ1n) is 6.26. The van der Waals surface area contributed by atoms with Gasteiger partial charge in [0, 0.05) is 5.56 Å². The molecule has 0 spiro atoms. The second-order valence-electron chi connectivity index (χ2n) is 4.64. The second kappa shape index (κ2) is 4.81. The Morgan fingerprint density at radius 2 is 1.70 bits per heavy atom. The Hall–Kier alpha value is -2.62. The number of carboxylic acid groups (broad SMARTS) is 1. The smallest absolute Gasteiger partial charge is 0.339 e. The topological polar surface area (TPSA) is 63.6 Å². The lowest BCUT2D eigenvalue weighted by atomic mass is 9.88. The quantitative estimate of drug-likeness (QED) is 0.869.